The maximum absolute atomic E-state index is 10.1. The van der Waals surface area contributed by atoms with Crippen molar-refractivity contribution in [3.63, 3.8) is 0 Å². The van der Waals surface area contributed by atoms with Gasteiger partial charge in [-0.25, -0.2) is 0 Å². The Bertz CT molecular complexity index is 10.8. The molecule has 0 aromatic heterocycles. The molecule has 0 atom stereocenters. The summed E-state index contributed by atoms with van der Waals surface area (Å²) in [4.78, 5) is 0. The molecule has 0 heterocycles. The van der Waals surface area contributed by atoms with E-state index in [9.17, 15) is 8.78 Å². The average molecular weight is 86.0 g/mol. The quantitative estimate of drug-likeness (QED) is 0.391. The molecular formula is CHClF2. The maximum atomic E-state index is 10.1. The van der Waals surface area contributed by atoms with Gasteiger partial charge < -0.3 is 0 Å². The molecule has 0 bridgehead atoms. The Morgan fingerprint density at radius 2 is 1.50 bits per heavy atom. The van der Waals surface area contributed by atoms with Crippen molar-refractivity contribution in [2.45, 2.75) is 5.88 Å². The monoisotopic (exact) mass is 86.0 g/mol. The molecule has 26 valence electrons. The van der Waals surface area contributed by atoms with Crippen LogP contribution in [-0.4, -0.2) is 5.88 Å². The Morgan fingerprint density at radius 3 is 1.50 bits per heavy atom. The molecule has 0 nitrogen and oxygen atoms in total. The van der Waals surface area contributed by atoms with E-state index in [1.807, 2.05) is 0 Å². The third-order valence-corrected chi connectivity index (χ3v) is 0. The van der Waals surface area contributed by atoms with Crippen LogP contribution in [0.15, 0.2) is 0 Å². The van der Waals surface area contributed by atoms with Gasteiger partial charge in [0.25, 0.3) is 0 Å². The fraction of sp³-hybridized carbons (Fsp3) is 1.00. The maximum Gasteiger partial charge on any atom is 0.312 e. The third-order valence-electron chi connectivity index (χ3n) is 0. The van der Waals surface area contributed by atoms with E-state index >= 15 is 0 Å². The van der Waals surface area contributed by atoms with Crippen LogP contribution in [0.1, 0.15) is 0 Å². The van der Waals surface area contributed by atoms with E-state index in [-0.39, 0.29) is 0 Å². The van der Waals surface area contributed by atoms with Crippen LogP contribution in [0.2, 0.25) is 0 Å². The van der Waals surface area contributed by atoms with Crippen molar-refractivity contribution in [2.24, 2.45) is 0 Å². The first kappa shape index (κ1) is 4.15. The van der Waals surface area contributed by atoms with Gasteiger partial charge in [0.05, 0.1) is 0 Å². The number of hydrogen-bond acceptors (Lipinski definition) is 0. The highest BCUT2D eigenvalue weighted by atomic mass is 35.0. The molecule has 0 aromatic rings. The molecule has 0 rings (SSSR count). The van der Waals surface area contributed by atoms with Crippen molar-refractivity contribution >= 4 is 11.6 Å². The van der Waals surface area contributed by atoms with Crippen LogP contribution < -0.4 is 0 Å². The van der Waals surface area contributed by atoms with Gasteiger partial charge in [-0.2, -0.15) is 8.78 Å². The molecule has 0 aliphatic heterocycles. The van der Waals surface area contributed by atoms with Gasteiger partial charge in [0.1, 0.15) is 0 Å². The summed E-state index contributed by atoms with van der Waals surface area (Å²) in [5.74, 6) is -2.69. The zero-order chi connectivity index (χ0) is 3.58. The molecule has 0 fully saturated rings. The van der Waals surface area contributed by atoms with E-state index in [0.717, 1.165) is 0 Å². The second kappa shape index (κ2) is 1.47. The van der Waals surface area contributed by atoms with E-state index in [4.69, 9.17) is 0 Å². The lowest BCUT2D eigenvalue weighted by atomic mass is 11.7. The van der Waals surface area contributed by atoms with Gasteiger partial charge in [-0.15, -0.1) is 0 Å². The molecule has 0 saturated carbocycles. The summed E-state index contributed by atoms with van der Waals surface area (Å²) in [5.41, 5.74) is 0. The van der Waals surface area contributed by atoms with E-state index < -0.39 is 5.88 Å². The van der Waals surface area contributed by atoms with Crippen molar-refractivity contribution in [1.82, 2.24) is 0 Å². The number of halogens is 3. The first-order chi connectivity index (χ1) is 1.73. The predicted octanol–water partition coefficient (Wildman–Crippen LogP) is 1.45. The van der Waals surface area contributed by atoms with Crippen molar-refractivity contribution in [2.75, 3.05) is 0 Å². The molecular weight excluding hydrogens is 85.0 g/mol. The highest BCUT2D eigenvalue weighted by molar-refractivity contribution is 6.18. The molecule has 3 heteroatoms. The molecule has 0 unspecified atom stereocenters. The Balaban J connectivity index is 2.32. The molecule has 0 aliphatic rings. The van der Waals surface area contributed by atoms with Crippen LogP contribution in [0.4, 0.5) is 8.78 Å². The van der Waals surface area contributed by atoms with E-state index in [2.05, 4.69) is 11.6 Å². The summed E-state index contributed by atoms with van der Waals surface area (Å²) < 4.78 is 20.2. The molecule has 0 radical (unpaired) electrons. The van der Waals surface area contributed by atoms with Gasteiger partial charge in [0.15, 0.2) is 0 Å². The summed E-state index contributed by atoms with van der Waals surface area (Å²) in [6.45, 7) is 0. The van der Waals surface area contributed by atoms with Crippen LogP contribution in [0.5, 0.6) is 0 Å². The van der Waals surface area contributed by atoms with E-state index in [0.29, 0.717) is 0 Å². The molecule has 0 amide bonds. The minimum absolute atomic E-state index is 2.69. The number of rotatable bonds is 0. The fourth-order valence-electron chi connectivity index (χ4n) is 0. The summed E-state index contributed by atoms with van der Waals surface area (Å²) in [6.07, 6.45) is 0. The van der Waals surface area contributed by atoms with Crippen molar-refractivity contribution in [3.8, 4) is 0 Å². The molecule has 0 N–H and O–H groups in total. The Hall–Kier alpha value is 0.150. The smallest absolute Gasteiger partial charge is 0.192 e. The molecule has 0 spiro atoms. The van der Waals surface area contributed by atoms with Gasteiger partial charge in [0, 0.05) is 0 Å². The average Bonchev–Trinajstić information content (AvgIpc) is 0.811. The summed E-state index contributed by atoms with van der Waals surface area (Å²) in [5, 5.41) is 0. The Kier molecular flexibility index (Phi) is 1.52. The van der Waals surface area contributed by atoms with Gasteiger partial charge in [-0.05, 0) is 0 Å². The third kappa shape index (κ3) is 126. The van der Waals surface area contributed by atoms with Crippen LogP contribution in [-0.2, 0) is 0 Å². The largest absolute Gasteiger partial charge is 0.312 e. The summed E-state index contributed by atoms with van der Waals surface area (Å²) in [7, 11) is 0. The highest BCUT2D eigenvalue weighted by Gasteiger charge is 1.83. The number of alkyl halides is 3. The van der Waals surface area contributed by atoms with Crippen molar-refractivity contribution in [3.05, 3.63) is 0 Å². The van der Waals surface area contributed by atoms with Crippen LogP contribution in [0.3, 0.4) is 0 Å². The van der Waals surface area contributed by atoms with Gasteiger partial charge in [0.2, 0.25) is 0 Å². The van der Waals surface area contributed by atoms with E-state index in [1.165, 1.54) is 0 Å². The lowest BCUT2D eigenvalue weighted by molar-refractivity contribution is 0.243. The van der Waals surface area contributed by atoms with Crippen LogP contribution >= 0.6 is 11.6 Å². The lowest BCUT2D eigenvalue weighted by Crippen LogP contribution is -1.62. The lowest BCUT2D eigenvalue weighted by Gasteiger charge is -1.66. The fourth-order valence-corrected chi connectivity index (χ4v) is 0. The first-order valence-electron chi connectivity index (χ1n) is 0.655. The predicted molar refractivity (Wildman–Crippen MR) is 11.9 cm³/mol. The standard InChI is InChI=1S/CHClF2/c2-1(3)4/h1H/i2+0. The van der Waals surface area contributed by atoms with Crippen molar-refractivity contribution in [1.29, 1.82) is 0 Å². The van der Waals surface area contributed by atoms with Gasteiger partial charge in [-0.1, -0.05) is 11.6 Å². The minimum atomic E-state index is -2.69. The van der Waals surface area contributed by atoms with Crippen LogP contribution in [0, 0.1) is 0 Å². The van der Waals surface area contributed by atoms with Gasteiger partial charge >= 0.3 is 5.88 Å². The van der Waals surface area contributed by atoms with Crippen LogP contribution in [0.25, 0.3) is 0 Å². The van der Waals surface area contributed by atoms with Crippen molar-refractivity contribution < 1.29 is 8.78 Å². The number of hydrogen-bond donors (Lipinski definition) is 0. The normalized spacial score (nSPS) is 9.00. The molecule has 0 aromatic carbocycles. The summed E-state index contributed by atoms with van der Waals surface area (Å²) in [6, 6.07) is 0. The van der Waals surface area contributed by atoms with Gasteiger partial charge in [-0.3, -0.25) is 0 Å². The second-order valence-corrected chi connectivity index (χ2v) is 0.577. The molecule has 4 heavy (non-hydrogen) atoms. The Labute approximate surface area is 27.4 Å². The summed E-state index contributed by atoms with van der Waals surface area (Å²) >= 11 is 3.94. The zero-order valence-electron chi connectivity index (χ0n) is 1.71. The molecule has 0 aliphatic carbocycles. The zero-order valence-corrected chi connectivity index (χ0v) is 2.47. The first-order valence-corrected chi connectivity index (χ1v) is 1.09. The highest BCUT2D eigenvalue weighted by Crippen LogP contribution is 1.93. The SMILES string of the molecule is FC(F)[35Cl]. The molecule has 0 saturated heterocycles. The topological polar surface area (TPSA) is 0 Å². The second-order valence-electron chi connectivity index (χ2n) is 0.247. The minimum Gasteiger partial charge on any atom is -0.192 e. The Morgan fingerprint density at radius 1 is 1.50 bits per heavy atom. The van der Waals surface area contributed by atoms with E-state index in [1.54, 1.807) is 0 Å².